The molecule has 1 aromatic carbocycles. The molecular formula is C13H19N3O2. The van der Waals surface area contributed by atoms with Gasteiger partial charge in [0.2, 0.25) is 0 Å². The standard InChI is InChI=1S/C13H19N3O2/c1-9(14)7-15-5-4-10-2-3-12-11(6-10)16-13(17)8-18-12/h2-3,6,9,15H,4-5,7-8,14H2,1H3,(H,16,17). The summed E-state index contributed by atoms with van der Waals surface area (Å²) in [6, 6.07) is 6.04. The maximum absolute atomic E-state index is 11.2. The van der Waals surface area contributed by atoms with Gasteiger partial charge in [0.25, 0.3) is 5.91 Å². The van der Waals surface area contributed by atoms with Gasteiger partial charge >= 0.3 is 0 Å². The van der Waals surface area contributed by atoms with E-state index in [2.05, 4.69) is 10.6 Å². The molecular weight excluding hydrogens is 230 g/mol. The number of hydrogen-bond acceptors (Lipinski definition) is 4. The van der Waals surface area contributed by atoms with Crippen LogP contribution in [0.25, 0.3) is 0 Å². The fourth-order valence-electron chi connectivity index (χ4n) is 1.85. The van der Waals surface area contributed by atoms with Crippen LogP contribution >= 0.6 is 0 Å². The molecule has 1 atom stereocenters. The van der Waals surface area contributed by atoms with Crippen LogP contribution < -0.4 is 21.1 Å². The van der Waals surface area contributed by atoms with Crippen molar-refractivity contribution in [3.05, 3.63) is 23.8 Å². The van der Waals surface area contributed by atoms with Gasteiger partial charge in [-0.15, -0.1) is 0 Å². The summed E-state index contributed by atoms with van der Waals surface area (Å²) in [4.78, 5) is 11.2. The van der Waals surface area contributed by atoms with Crippen molar-refractivity contribution in [2.45, 2.75) is 19.4 Å². The second-order valence-corrected chi connectivity index (χ2v) is 4.60. The molecule has 0 radical (unpaired) electrons. The Hall–Kier alpha value is -1.59. The van der Waals surface area contributed by atoms with Crippen LogP contribution in [0.15, 0.2) is 18.2 Å². The van der Waals surface area contributed by atoms with E-state index in [1.807, 2.05) is 25.1 Å². The zero-order valence-electron chi connectivity index (χ0n) is 10.5. The van der Waals surface area contributed by atoms with E-state index in [1.165, 1.54) is 0 Å². The lowest BCUT2D eigenvalue weighted by Crippen LogP contribution is -2.32. The summed E-state index contributed by atoms with van der Waals surface area (Å²) < 4.78 is 5.30. The molecule has 0 saturated carbocycles. The van der Waals surface area contributed by atoms with Gasteiger partial charge in [0.15, 0.2) is 6.61 Å². The first-order valence-electron chi connectivity index (χ1n) is 6.17. The van der Waals surface area contributed by atoms with Gasteiger partial charge in [0.05, 0.1) is 5.69 Å². The van der Waals surface area contributed by atoms with E-state index in [1.54, 1.807) is 0 Å². The van der Waals surface area contributed by atoms with E-state index in [4.69, 9.17) is 10.5 Å². The summed E-state index contributed by atoms with van der Waals surface area (Å²) in [5, 5.41) is 6.08. The highest BCUT2D eigenvalue weighted by atomic mass is 16.5. The van der Waals surface area contributed by atoms with Crippen molar-refractivity contribution in [1.82, 2.24) is 5.32 Å². The van der Waals surface area contributed by atoms with Crippen LogP contribution in [-0.2, 0) is 11.2 Å². The first kappa shape index (κ1) is 12.9. The molecule has 98 valence electrons. The molecule has 1 aliphatic rings. The third-order valence-corrected chi connectivity index (χ3v) is 2.73. The second-order valence-electron chi connectivity index (χ2n) is 4.60. The predicted molar refractivity (Wildman–Crippen MR) is 70.8 cm³/mol. The van der Waals surface area contributed by atoms with E-state index >= 15 is 0 Å². The van der Waals surface area contributed by atoms with Gasteiger partial charge in [-0.2, -0.15) is 0 Å². The molecule has 4 N–H and O–H groups in total. The number of nitrogens with two attached hydrogens (primary N) is 1. The Bertz CT molecular complexity index is 432. The van der Waals surface area contributed by atoms with Crippen LogP contribution in [0.2, 0.25) is 0 Å². The average molecular weight is 249 g/mol. The molecule has 0 bridgehead atoms. The van der Waals surface area contributed by atoms with Crippen molar-refractivity contribution < 1.29 is 9.53 Å². The molecule has 0 saturated heterocycles. The zero-order chi connectivity index (χ0) is 13.0. The topological polar surface area (TPSA) is 76.4 Å². The Morgan fingerprint density at radius 1 is 1.56 bits per heavy atom. The van der Waals surface area contributed by atoms with Crippen molar-refractivity contribution in [3.8, 4) is 5.75 Å². The van der Waals surface area contributed by atoms with Crippen LogP contribution in [0.1, 0.15) is 12.5 Å². The number of ether oxygens (including phenoxy) is 1. The molecule has 0 fully saturated rings. The van der Waals surface area contributed by atoms with Crippen molar-refractivity contribution in [1.29, 1.82) is 0 Å². The lowest BCUT2D eigenvalue weighted by atomic mass is 10.1. The molecule has 1 amide bonds. The molecule has 0 spiro atoms. The summed E-state index contributed by atoms with van der Waals surface area (Å²) in [6.07, 6.45) is 0.899. The predicted octanol–water partition coefficient (Wildman–Crippen LogP) is 0.497. The second kappa shape index (κ2) is 5.84. The number of carbonyl (C=O) groups is 1. The molecule has 1 aromatic rings. The van der Waals surface area contributed by atoms with Crippen LogP contribution in [0.4, 0.5) is 5.69 Å². The maximum atomic E-state index is 11.2. The molecule has 1 aliphatic heterocycles. The highest BCUT2D eigenvalue weighted by molar-refractivity contribution is 5.95. The monoisotopic (exact) mass is 249 g/mol. The Morgan fingerprint density at radius 3 is 3.17 bits per heavy atom. The smallest absolute Gasteiger partial charge is 0.262 e. The summed E-state index contributed by atoms with van der Waals surface area (Å²) in [5.41, 5.74) is 7.58. The lowest BCUT2D eigenvalue weighted by molar-refractivity contribution is -0.118. The van der Waals surface area contributed by atoms with Crippen molar-refractivity contribution in [3.63, 3.8) is 0 Å². The summed E-state index contributed by atoms with van der Waals surface area (Å²) in [5.74, 6) is 0.636. The number of nitrogens with one attached hydrogen (secondary N) is 2. The first-order chi connectivity index (χ1) is 8.65. The van der Waals surface area contributed by atoms with Gasteiger partial charge in [0, 0.05) is 12.6 Å². The van der Waals surface area contributed by atoms with Gasteiger partial charge < -0.3 is 21.1 Å². The SMILES string of the molecule is CC(N)CNCCc1ccc2c(c1)NC(=O)CO2. The fourth-order valence-corrected chi connectivity index (χ4v) is 1.85. The summed E-state index contributed by atoms with van der Waals surface area (Å²) in [6.45, 7) is 3.75. The quantitative estimate of drug-likeness (QED) is 0.664. The summed E-state index contributed by atoms with van der Waals surface area (Å²) in [7, 11) is 0. The van der Waals surface area contributed by atoms with Crippen molar-refractivity contribution >= 4 is 11.6 Å². The van der Waals surface area contributed by atoms with Crippen LogP contribution in [0.3, 0.4) is 0 Å². The number of anilines is 1. The van der Waals surface area contributed by atoms with E-state index in [-0.39, 0.29) is 18.6 Å². The highest BCUT2D eigenvalue weighted by Crippen LogP contribution is 2.28. The Morgan fingerprint density at radius 2 is 2.39 bits per heavy atom. The molecule has 18 heavy (non-hydrogen) atoms. The van der Waals surface area contributed by atoms with E-state index in [0.717, 1.165) is 36.5 Å². The van der Waals surface area contributed by atoms with Crippen LogP contribution in [-0.4, -0.2) is 31.6 Å². The van der Waals surface area contributed by atoms with Gasteiger partial charge in [-0.25, -0.2) is 0 Å². The molecule has 0 aliphatic carbocycles. The van der Waals surface area contributed by atoms with Gasteiger partial charge in [-0.3, -0.25) is 4.79 Å². The molecule has 5 heteroatoms. The van der Waals surface area contributed by atoms with E-state index in [9.17, 15) is 4.79 Å². The minimum Gasteiger partial charge on any atom is -0.482 e. The number of fused-ring (bicyclic) bond motifs is 1. The average Bonchev–Trinajstić information content (AvgIpc) is 2.34. The molecule has 5 nitrogen and oxygen atoms in total. The maximum Gasteiger partial charge on any atom is 0.262 e. The minimum atomic E-state index is -0.102. The zero-order valence-corrected chi connectivity index (χ0v) is 10.5. The van der Waals surface area contributed by atoms with Gasteiger partial charge in [-0.05, 0) is 37.6 Å². The number of carbonyl (C=O) groups excluding carboxylic acids is 1. The molecule has 1 heterocycles. The molecule has 2 rings (SSSR count). The number of benzene rings is 1. The third-order valence-electron chi connectivity index (χ3n) is 2.73. The Kier molecular flexibility index (Phi) is 4.17. The Balaban J connectivity index is 1.90. The number of hydrogen-bond donors (Lipinski definition) is 3. The van der Waals surface area contributed by atoms with Crippen LogP contribution in [0, 0.1) is 0 Å². The van der Waals surface area contributed by atoms with E-state index < -0.39 is 0 Å². The van der Waals surface area contributed by atoms with Crippen LogP contribution in [0.5, 0.6) is 5.75 Å². The summed E-state index contributed by atoms with van der Waals surface area (Å²) >= 11 is 0. The lowest BCUT2D eigenvalue weighted by Gasteiger charge is -2.18. The highest BCUT2D eigenvalue weighted by Gasteiger charge is 2.15. The molecule has 1 unspecified atom stereocenters. The van der Waals surface area contributed by atoms with E-state index in [0.29, 0.717) is 0 Å². The number of amides is 1. The van der Waals surface area contributed by atoms with Crippen molar-refractivity contribution in [2.75, 3.05) is 25.0 Å². The number of rotatable bonds is 5. The largest absolute Gasteiger partial charge is 0.482 e. The molecule has 0 aromatic heterocycles. The Labute approximate surface area is 107 Å². The first-order valence-corrected chi connectivity index (χ1v) is 6.17. The third kappa shape index (κ3) is 3.45. The normalized spacial score (nSPS) is 15.6. The van der Waals surface area contributed by atoms with Gasteiger partial charge in [0.1, 0.15) is 5.75 Å². The minimum absolute atomic E-state index is 0.0995. The van der Waals surface area contributed by atoms with Gasteiger partial charge in [-0.1, -0.05) is 6.07 Å². The van der Waals surface area contributed by atoms with Crippen molar-refractivity contribution in [2.24, 2.45) is 5.73 Å². The fraction of sp³-hybridized carbons (Fsp3) is 0.462.